The van der Waals surface area contributed by atoms with Gasteiger partial charge in [-0.2, -0.15) is 0 Å². The molecule has 0 bridgehead atoms. The molecule has 5 unspecified atom stereocenters. The molecule has 2 heteroatoms. The normalized spacial score (nSPS) is 24.5. The van der Waals surface area contributed by atoms with Crippen molar-refractivity contribution in [1.29, 1.82) is 0 Å². The molecule has 0 aliphatic heterocycles. The monoisotopic (exact) mass is 243 g/mol. The van der Waals surface area contributed by atoms with Crippen LogP contribution in [0.3, 0.4) is 0 Å². The summed E-state index contributed by atoms with van der Waals surface area (Å²) in [7, 11) is 0. The summed E-state index contributed by atoms with van der Waals surface area (Å²) in [5, 5.41) is 10.6. The minimum atomic E-state index is -0.768. The Balaban J connectivity index is 4.74. The van der Waals surface area contributed by atoms with Crippen LogP contribution in [0.1, 0.15) is 61.3 Å². The van der Waals surface area contributed by atoms with Gasteiger partial charge >= 0.3 is 0 Å². The minimum Gasteiger partial charge on any atom is -0.388 e. The Morgan fingerprint density at radius 2 is 1.47 bits per heavy atom. The highest BCUT2D eigenvalue weighted by Crippen LogP contribution is 2.35. The Labute approximate surface area is 108 Å². The second-order valence-electron chi connectivity index (χ2n) is 6.13. The van der Waals surface area contributed by atoms with Crippen molar-refractivity contribution < 1.29 is 5.11 Å². The van der Waals surface area contributed by atoms with Crippen molar-refractivity contribution in [2.24, 2.45) is 29.4 Å². The second-order valence-corrected chi connectivity index (χ2v) is 6.13. The molecule has 0 aromatic carbocycles. The van der Waals surface area contributed by atoms with Crippen LogP contribution in [0.15, 0.2) is 0 Å². The highest BCUT2D eigenvalue weighted by Gasteiger charge is 2.39. The van der Waals surface area contributed by atoms with Gasteiger partial charge < -0.3 is 10.8 Å². The van der Waals surface area contributed by atoms with Gasteiger partial charge in [-0.1, -0.05) is 48.0 Å². The molecule has 0 heterocycles. The Morgan fingerprint density at radius 3 is 1.82 bits per heavy atom. The van der Waals surface area contributed by atoms with Crippen LogP contribution in [-0.2, 0) is 0 Å². The van der Waals surface area contributed by atoms with Gasteiger partial charge in [-0.3, -0.25) is 0 Å². The van der Waals surface area contributed by atoms with Crippen LogP contribution < -0.4 is 5.73 Å². The maximum atomic E-state index is 10.6. The molecule has 2 nitrogen and oxygen atoms in total. The van der Waals surface area contributed by atoms with Gasteiger partial charge in [-0.15, -0.1) is 0 Å². The Hall–Kier alpha value is -0.0800. The maximum absolute atomic E-state index is 10.6. The summed E-state index contributed by atoms with van der Waals surface area (Å²) < 4.78 is 0. The zero-order chi connectivity index (χ0) is 13.8. The molecule has 0 aromatic rings. The summed E-state index contributed by atoms with van der Waals surface area (Å²) in [5.74, 6) is 2.02. The van der Waals surface area contributed by atoms with E-state index >= 15 is 0 Å². The van der Waals surface area contributed by atoms with E-state index < -0.39 is 5.60 Å². The molecule has 0 amide bonds. The highest BCUT2D eigenvalue weighted by atomic mass is 16.3. The van der Waals surface area contributed by atoms with Crippen molar-refractivity contribution in [3.05, 3.63) is 0 Å². The van der Waals surface area contributed by atoms with E-state index in [2.05, 4.69) is 34.6 Å². The summed E-state index contributed by atoms with van der Waals surface area (Å²) in [6.45, 7) is 15.1. The second kappa shape index (κ2) is 6.75. The first-order valence-corrected chi connectivity index (χ1v) is 7.17. The van der Waals surface area contributed by atoms with E-state index in [4.69, 9.17) is 5.73 Å². The molecule has 0 aromatic heterocycles. The van der Waals surface area contributed by atoms with Crippen LogP contribution in [0.25, 0.3) is 0 Å². The molecule has 0 spiro atoms. The number of rotatable bonds is 7. The van der Waals surface area contributed by atoms with Crippen molar-refractivity contribution in [2.75, 3.05) is 0 Å². The quantitative estimate of drug-likeness (QED) is 0.719. The topological polar surface area (TPSA) is 46.2 Å². The Bertz CT molecular complexity index is 215. The van der Waals surface area contributed by atoms with Crippen molar-refractivity contribution in [1.82, 2.24) is 0 Å². The molecule has 17 heavy (non-hydrogen) atoms. The third-order valence-electron chi connectivity index (χ3n) is 5.27. The van der Waals surface area contributed by atoms with Gasteiger partial charge in [0, 0.05) is 6.04 Å². The molecule has 0 saturated carbocycles. The smallest absolute Gasteiger partial charge is 0.0797 e. The molecular weight excluding hydrogens is 210 g/mol. The lowest BCUT2D eigenvalue weighted by atomic mass is 9.69. The lowest BCUT2D eigenvalue weighted by Crippen LogP contribution is -2.52. The lowest BCUT2D eigenvalue weighted by molar-refractivity contribution is -0.0507. The average Bonchev–Trinajstić information content (AvgIpc) is 2.33. The average molecular weight is 243 g/mol. The van der Waals surface area contributed by atoms with Crippen molar-refractivity contribution in [3.63, 3.8) is 0 Å². The first-order valence-electron chi connectivity index (χ1n) is 7.17. The number of hydrogen-bond acceptors (Lipinski definition) is 2. The van der Waals surface area contributed by atoms with Crippen molar-refractivity contribution in [3.8, 4) is 0 Å². The summed E-state index contributed by atoms with van der Waals surface area (Å²) in [5.41, 5.74) is 5.28. The van der Waals surface area contributed by atoms with Crippen molar-refractivity contribution >= 4 is 0 Å². The van der Waals surface area contributed by atoms with Crippen LogP contribution in [0.5, 0.6) is 0 Å². The lowest BCUT2D eigenvalue weighted by Gasteiger charge is -2.41. The van der Waals surface area contributed by atoms with E-state index in [1.165, 1.54) is 6.42 Å². The van der Waals surface area contributed by atoms with E-state index in [0.29, 0.717) is 17.8 Å². The molecular formula is C15H33NO. The summed E-state index contributed by atoms with van der Waals surface area (Å²) in [6, 6.07) is -0.135. The fourth-order valence-corrected chi connectivity index (χ4v) is 2.63. The Kier molecular flexibility index (Phi) is 6.71. The molecule has 6 atom stereocenters. The molecule has 3 N–H and O–H groups in total. The molecule has 0 rings (SSSR count). The van der Waals surface area contributed by atoms with Gasteiger partial charge in [0.25, 0.3) is 0 Å². The van der Waals surface area contributed by atoms with Crippen LogP contribution in [0.2, 0.25) is 0 Å². The van der Waals surface area contributed by atoms with E-state index in [1.807, 2.05) is 13.8 Å². The number of hydrogen-bond donors (Lipinski definition) is 2. The highest BCUT2D eigenvalue weighted by molar-refractivity contribution is 4.92. The first-order chi connectivity index (χ1) is 7.69. The first kappa shape index (κ1) is 16.9. The zero-order valence-corrected chi connectivity index (χ0v) is 12.8. The maximum Gasteiger partial charge on any atom is 0.0797 e. The van der Waals surface area contributed by atoms with Gasteiger partial charge in [0.1, 0.15) is 0 Å². The molecule has 0 aliphatic carbocycles. The van der Waals surface area contributed by atoms with Crippen LogP contribution in [-0.4, -0.2) is 16.7 Å². The fraction of sp³-hybridized carbons (Fsp3) is 1.00. The summed E-state index contributed by atoms with van der Waals surface area (Å²) in [6.07, 6.45) is 2.02. The van der Waals surface area contributed by atoms with Gasteiger partial charge in [-0.25, -0.2) is 0 Å². The third-order valence-corrected chi connectivity index (χ3v) is 5.27. The predicted molar refractivity (Wildman–Crippen MR) is 75.8 cm³/mol. The van der Waals surface area contributed by atoms with Crippen molar-refractivity contribution in [2.45, 2.75) is 73.0 Å². The van der Waals surface area contributed by atoms with Gasteiger partial charge in [0.2, 0.25) is 0 Å². The summed E-state index contributed by atoms with van der Waals surface area (Å²) >= 11 is 0. The standard InChI is InChI=1S/C15H33NO/c1-8-10(3)11(4)12(5)13(6)15(7,17)14(16)9-2/h10-14,17H,8-9,16H2,1-7H3/t10?,11?,12?,13?,14-,15?/m1/s1. The van der Waals surface area contributed by atoms with E-state index in [9.17, 15) is 5.11 Å². The molecule has 0 aliphatic rings. The zero-order valence-electron chi connectivity index (χ0n) is 12.8. The van der Waals surface area contributed by atoms with Crippen LogP contribution in [0.4, 0.5) is 0 Å². The molecule has 104 valence electrons. The fourth-order valence-electron chi connectivity index (χ4n) is 2.63. The van der Waals surface area contributed by atoms with Gasteiger partial charge in [0.15, 0.2) is 0 Å². The van der Waals surface area contributed by atoms with Gasteiger partial charge in [-0.05, 0) is 37.0 Å². The summed E-state index contributed by atoms with van der Waals surface area (Å²) in [4.78, 5) is 0. The third kappa shape index (κ3) is 3.96. The number of aliphatic hydroxyl groups is 1. The molecule has 0 saturated heterocycles. The van der Waals surface area contributed by atoms with Crippen LogP contribution in [0, 0.1) is 23.7 Å². The predicted octanol–water partition coefficient (Wildman–Crippen LogP) is 3.43. The molecule has 0 fully saturated rings. The largest absolute Gasteiger partial charge is 0.388 e. The molecule has 0 radical (unpaired) electrons. The van der Waals surface area contributed by atoms with Gasteiger partial charge in [0.05, 0.1) is 5.60 Å². The van der Waals surface area contributed by atoms with E-state index in [1.54, 1.807) is 0 Å². The van der Waals surface area contributed by atoms with E-state index in [-0.39, 0.29) is 12.0 Å². The van der Waals surface area contributed by atoms with Crippen LogP contribution >= 0.6 is 0 Å². The Morgan fingerprint density at radius 1 is 1.00 bits per heavy atom. The minimum absolute atomic E-state index is 0.135. The van der Waals surface area contributed by atoms with E-state index in [0.717, 1.165) is 6.42 Å². The SMILES string of the molecule is CCC(C)C(C)C(C)C(C)C(C)(O)[C@H](N)CC. The number of nitrogens with two attached hydrogens (primary N) is 1.